The van der Waals surface area contributed by atoms with E-state index < -0.39 is 0 Å². The minimum absolute atomic E-state index is 0.500. The molecule has 0 fully saturated rings. The Morgan fingerprint density at radius 1 is 1.14 bits per heavy atom. The summed E-state index contributed by atoms with van der Waals surface area (Å²) in [6.45, 7) is 3.19. The van der Waals surface area contributed by atoms with E-state index in [1.54, 1.807) is 6.07 Å². The lowest BCUT2D eigenvalue weighted by atomic mass is 10.2. The molecule has 0 aliphatic carbocycles. The van der Waals surface area contributed by atoms with Crippen LogP contribution in [-0.4, -0.2) is 16.2 Å². The number of nitrogens with zero attached hydrogens (tertiary/aromatic N) is 3. The lowest BCUT2D eigenvalue weighted by Crippen LogP contribution is -2.10. The van der Waals surface area contributed by atoms with Crippen LogP contribution in [0.4, 0.5) is 0 Å². The van der Waals surface area contributed by atoms with Crippen molar-refractivity contribution in [3.05, 3.63) is 59.9 Å². The van der Waals surface area contributed by atoms with Gasteiger partial charge in [-0.05, 0) is 31.2 Å². The van der Waals surface area contributed by atoms with E-state index in [9.17, 15) is 0 Å². The molecule has 0 bridgehead atoms. The zero-order chi connectivity index (χ0) is 14.7. The predicted molar refractivity (Wildman–Crippen MR) is 81.1 cm³/mol. The van der Waals surface area contributed by atoms with Crippen molar-refractivity contribution >= 4 is 11.0 Å². The molecule has 2 aromatic carbocycles. The average Bonchev–Trinajstić information content (AvgIpc) is 2.84. The number of imidazole rings is 1. The quantitative estimate of drug-likeness (QED) is 0.735. The van der Waals surface area contributed by atoms with Crippen LogP contribution in [0, 0.1) is 18.3 Å². The Morgan fingerprint density at radius 2 is 1.90 bits per heavy atom. The molecule has 0 unspecified atom stereocenters. The lowest BCUT2D eigenvalue weighted by molar-refractivity contribution is 0.298. The molecule has 0 spiro atoms. The number of nitriles is 1. The third-order valence-corrected chi connectivity index (χ3v) is 3.43. The van der Waals surface area contributed by atoms with Crippen LogP contribution in [0.5, 0.6) is 5.75 Å². The van der Waals surface area contributed by atoms with Gasteiger partial charge in [-0.2, -0.15) is 5.26 Å². The molecule has 0 radical (unpaired) electrons. The number of ether oxygens (including phenoxy) is 1. The van der Waals surface area contributed by atoms with E-state index in [-0.39, 0.29) is 0 Å². The van der Waals surface area contributed by atoms with Gasteiger partial charge in [-0.25, -0.2) is 4.98 Å². The van der Waals surface area contributed by atoms with Crippen LogP contribution >= 0.6 is 0 Å². The third-order valence-electron chi connectivity index (χ3n) is 3.43. The molecule has 0 aliphatic rings. The van der Waals surface area contributed by atoms with Gasteiger partial charge in [-0.1, -0.05) is 24.3 Å². The average molecular weight is 277 g/mol. The lowest BCUT2D eigenvalue weighted by Gasteiger charge is -2.10. The van der Waals surface area contributed by atoms with Crippen molar-refractivity contribution in [1.29, 1.82) is 5.26 Å². The molecule has 1 aromatic heterocycles. The minimum atomic E-state index is 0.500. The van der Waals surface area contributed by atoms with E-state index in [1.165, 1.54) is 0 Å². The van der Waals surface area contributed by atoms with Gasteiger partial charge >= 0.3 is 0 Å². The second kappa shape index (κ2) is 5.68. The van der Waals surface area contributed by atoms with Gasteiger partial charge in [0.2, 0.25) is 0 Å². The second-order valence-electron chi connectivity index (χ2n) is 4.76. The van der Waals surface area contributed by atoms with Crippen LogP contribution in [0.2, 0.25) is 0 Å². The van der Waals surface area contributed by atoms with Crippen molar-refractivity contribution in [3.8, 4) is 11.8 Å². The van der Waals surface area contributed by atoms with Gasteiger partial charge in [0.05, 0.1) is 23.1 Å². The molecule has 4 heteroatoms. The fourth-order valence-corrected chi connectivity index (χ4v) is 2.41. The molecule has 0 amide bonds. The summed E-state index contributed by atoms with van der Waals surface area (Å²) < 4.78 is 7.86. The first-order valence-corrected chi connectivity index (χ1v) is 6.83. The highest BCUT2D eigenvalue weighted by Gasteiger charge is 2.07. The maximum absolute atomic E-state index is 9.04. The number of aromatic nitrogens is 2. The maximum atomic E-state index is 9.04. The number of para-hydroxylation sites is 3. The van der Waals surface area contributed by atoms with Gasteiger partial charge < -0.3 is 9.30 Å². The summed E-state index contributed by atoms with van der Waals surface area (Å²) in [5.41, 5.74) is 2.66. The zero-order valence-corrected chi connectivity index (χ0v) is 11.8. The number of hydrogen-bond donors (Lipinski definition) is 0. The van der Waals surface area contributed by atoms with E-state index in [1.807, 2.05) is 43.3 Å². The fraction of sp³-hybridized carbons (Fsp3) is 0.176. The second-order valence-corrected chi connectivity index (χ2v) is 4.76. The number of rotatable bonds is 4. The monoisotopic (exact) mass is 277 g/mol. The van der Waals surface area contributed by atoms with Crippen LogP contribution in [0.25, 0.3) is 11.0 Å². The van der Waals surface area contributed by atoms with Gasteiger partial charge in [0.25, 0.3) is 0 Å². The van der Waals surface area contributed by atoms with Crippen molar-refractivity contribution in [3.63, 3.8) is 0 Å². The number of benzene rings is 2. The van der Waals surface area contributed by atoms with Crippen molar-refractivity contribution in [2.45, 2.75) is 13.5 Å². The first-order chi connectivity index (χ1) is 10.3. The molecule has 21 heavy (non-hydrogen) atoms. The van der Waals surface area contributed by atoms with Gasteiger partial charge in [0.1, 0.15) is 24.3 Å². The van der Waals surface area contributed by atoms with Gasteiger partial charge in [-0.15, -0.1) is 0 Å². The topological polar surface area (TPSA) is 50.8 Å². The highest BCUT2D eigenvalue weighted by Crippen LogP contribution is 2.18. The number of aryl methyl sites for hydroxylation is 1. The Kier molecular flexibility index (Phi) is 3.57. The van der Waals surface area contributed by atoms with Crippen LogP contribution in [0.3, 0.4) is 0 Å². The van der Waals surface area contributed by atoms with Crippen molar-refractivity contribution in [2.75, 3.05) is 6.61 Å². The molecule has 0 saturated heterocycles. The molecule has 0 N–H and O–H groups in total. The van der Waals surface area contributed by atoms with E-state index in [0.29, 0.717) is 24.5 Å². The normalized spacial score (nSPS) is 10.5. The third kappa shape index (κ3) is 2.59. The Bertz CT molecular complexity index is 814. The molecular weight excluding hydrogens is 262 g/mol. The molecule has 1 heterocycles. The Morgan fingerprint density at radius 3 is 2.76 bits per heavy atom. The number of hydrogen-bond acceptors (Lipinski definition) is 3. The first-order valence-electron chi connectivity index (χ1n) is 6.83. The zero-order valence-electron chi connectivity index (χ0n) is 11.8. The van der Waals surface area contributed by atoms with Gasteiger partial charge in [0.15, 0.2) is 0 Å². The van der Waals surface area contributed by atoms with E-state index in [4.69, 9.17) is 10.00 Å². The minimum Gasteiger partial charge on any atom is -0.490 e. The van der Waals surface area contributed by atoms with Crippen molar-refractivity contribution in [1.82, 2.24) is 9.55 Å². The Hall–Kier alpha value is -2.80. The highest BCUT2D eigenvalue weighted by molar-refractivity contribution is 5.75. The summed E-state index contributed by atoms with van der Waals surface area (Å²) in [5.74, 6) is 1.59. The van der Waals surface area contributed by atoms with Gasteiger partial charge in [0, 0.05) is 0 Å². The summed E-state index contributed by atoms with van der Waals surface area (Å²) in [6, 6.07) is 17.5. The molecule has 3 aromatic rings. The van der Waals surface area contributed by atoms with Crippen LogP contribution in [-0.2, 0) is 6.54 Å². The Balaban J connectivity index is 1.76. The summed E-state index contributed by atoms with van der Waals surface area (Å²) in [5, 5.41) is 9.04. The molecule has 0 atom stereocenters. The highest BCUT2D eigenvalue weighted by atomic mass is 16.5. The van der Waals surface area contributed by atoms with Crippen LogP contribution in [0.15, 0.2) is 48.5 Å². The molecule has 0 aliphatic heterocycles. The summed E-state index contributed by atoms with van der Waals surface area (Å²) >= 11 is 0. The largest absolute Gasteiger partial charge is 0.490 e. The summed E-state index contributed by atoms with van der Waals surface area (Å²) in [6.07, 6.45) is 0. The molecule has 0 saturated carbocycles. The molecule has 104 valence electrons. The number of fused-ring (bicyclic) bond motifs is 1. The van der Waals surface area contributed by atoms with E-state index >= 15 is 0 Å². The summed E-state index contributed by atoms with van der Waals surface area (Å²) in [4.78, 5) is 4.53. The standard InChI is InChI=1S/C17H15N3O/c1-13-19-15-7-3-4-8-16(15)20(13)10-11-21-17-9-5-2-6-14(17)12-18/h2-9H,10-11H2,1H3. The smallest absolute Gasteiger partial charge is 0.137 e. The Labute approximate surface area is 123 Å². The SMILES string of the molecule is Cc1nc2ccccc2n1CCOc1ccccc1C#N. The summed E-state index contributed by atoms with van der Waals surface area (Å²) in [7, 11) is 0. The van der Waals surface area contributed by atoms with E-state index in [0.717, 1.165) is 16.9 Å². The van der Waals surface area contributed by atoms with Crippen molar-refractivity contribution in [2.24, 2.45) is 0 Å². The molecule has 3 rings (SSSR count). The first kappa shape index (κ1) is 13.2. The van der Waals surface area contributed by atoms with Crippen molar-refractivity contribution < 1.29 is 4.74 Å². The molecular formula is C17H15N3O. The van der Waals surface area contributed by atoms with Crippen LogP contribution in [0.1, 0.15) is 11.4 Å². The molecule has 4 nitrogen and oxygen atoms in total. The maximum Gasteiger partial charge on any atom is 0.137 e. The fourth-order valence-electron chi connectivity index (χ4n) is 2.41. The van der Waals surface area contributed by atoms with E-state index in [2.05, 4.69) is 21.7 Å². The van der Waals surface area contributed by atoms with Gasteiger partial charge in [-0.3, -0.25) is 0 Å². The predicted octanol–water partition coefficient (Wildman–Crippen LogP) is 3.30. The van der Waals surface area contributed by atoms with Crippen LogP contribution < -0.4 is 4.74 Å².